The number of hydrogen-bond acceptors (Lipinski definition) is 5. The fraction of sp³-hybridized carbons (Fsp3) is 0.250. The lowest BCUT2D eigenvalue weighted by Gasteiger charge is -2.15. The Hall–Kier alpha value is -1.62. The number of aromatic nitrogens is 3. The van der Waals surface area contributed by atoms with Gasteiger partial charge in [0.15, 0.2) is 5.82 Å². The van der Waals surface area contributed by atoms with Gasteiger partial charge in [0.1, 0.15) is 12.0 Å². The zero-order chi connectivity index (χ0) is 11.7. The summed E-state index contributed by atoms with van der Waals surface area (Å²) in [6, 6.07) is 6.34. The molecule has 5 heteroatoms. The van der Waals surface area contributed by atoms with E-state index >= 15 is 0 Å². The van der Waals surface area contributed by atoms with Crippen molar-refractivity contribution in [3.05, 3.63) is 30.1 Å². The van der Waals surface area contributed by atoms with Crippen molar-refractivity contribution in [3.63, 3.8) is 0 Å². The van der Waals surface area contributed by atoms with Crippen LogP contribution >= 0.6 is 11.8 Å². The first-order chi connectivity index (χ1) is 8.34. The van der Waals surface area contributed by atoms with Gasteiger partial charge in [0, 0.05) is 10.5 Å². The first-order valence-corrected chi connectivity index (χ1v) is 6.52. The Morgan fingerprint density at radius 1 is 1.29 bits per heavy atom. The highest BCUT2D eigenvalue weighted by atomic mass is 32.2. The molecule has 2 aromatic rings. The number of fused-ring (bicyclic) bond motifs is 1. The van der Waals surface area contributed by atoms with Crippen molar-refractivity contribution in [1.29, 1.82) is 0 Å². The highest BCUT2D eigenvalue weighted by Crippen LogP contribution is 2.33. The van der Waals surface area contributed by atoms with Crippen LogP contribution in [-0.2, 0) is 6.42 Å². The Morgan fingerprint density at radius 2 is 2.24 bits per heavy atom. The van der Waals surface area contributed by atoms with Crippen molar-refractivity contribution in [2.24, 2.45) is 0 Å². The van der Waals surface area contributed by atoms with Gasteiger partial charge in [0.25, 0.3) is 0 Å². The molecule has 2 heterocycles. The quantitative estimate of drug-likeness (QED) is 0.832. The Bertz CT molecular complexity index is 556. The minimum Gasteiger partial charge on any atom is -0.382 e. The van der Waals surface area contributed by atoms with E-state index in [0.717, 1.165) is 12.0 Å². The molecule has 2 N–H and O–H groups in total. The van der Waals surface area contributed by atoms with E-state index in [2.05, 4.69) is 27.3 Å². The summed E-state index contributed by atoms with van der Waals surface area (Å²) in [6.07, 6.45) is 3.73. The summed E-state index contributed by atoms with van der Waals surface area (Å²) in [4.78, 5) is 5.34. The summed E-state index contributed by atoms with van der Waals surface area (Å²) in [7, 11) is 0. The Morgan fingerprint density at radius 3 is 3.12 bits per heavy atom. The second-order valence-corrected chi connectivity index (χ2v) is 5.11. The second kappa shape index (κ2) is 4.33. The van der Waals surface area contributed by atoms with Crippen molar-refractivity contribution < 1.29 is 0 Å². The standard InChI is InChI=1S/C12H12N4S/c13-12-11(16-15-7-14-12)9-3-4-10-8(6-9)2-1-5-17-10/h3-4,6-7H,1-2,5H2,(H2,13,14,15). The summed E-state index contributed by atoms with van der Waals surface area (Å²) in [5.41, 5.74) is 8.86. The molecule has 0 bridgehead atoms. The van der Waals surface area contributed by atoms with E-state index in [0.29, 0.717) is 11.5 Å². The number of nitrogen functional groups attached to an aromatic ring is 1. The molecular formula is C12H12N4S. The number of thioether (sulfide) groups is 1. The maximum Gasteiger partial charge on any atom is 0.153 e. The molecule has 0 fully saturated rings. The largest absolute Gasteiger partial charge is 0.382 e. The average Bonchev–Trinajstić information content (AvgIpc) is 2.39. The van der Waals surface area contributed by atoms with Crippen LogP contribution < -0.4 is 5.73 Å². The second-order valence-electron chi connectivity index (χ2n) is 3.97. The fourth-order valence-electron chi connectivity index (χ4n) is 2.00. The Labute approximate surface area is 104 Å². The van der Waals surface area contributed by atoms with Gasteiger partial charge in [0.05, 0.1) is 0 Å². The van der Waals surface area contributed by atoms with Crippen molar-refractivity contribution in [1.82, 2.24) is 15.2 Å². The van der Waals surface area contributed by atoms with Crippen LogP contribution in [0.4, 0.5) is 5.82 Å². The van der Waals surface area contributed by atoms with E-state index in [9.17, 15) is 0 Å². The normalized spacial score (nSPS) is 14.4. The van der Waals surface area contributed by atoms with Crippen LogP contribution in [0.2, 0.25) is 0 Å². The molecule has 1 aliphatic heterocycles. The predicted molar refractivity (Wildman–Crippen MR) is 68.7 cm³/mol. The van der Waals surface area contributed by atoms with E-state index in [-0.39, 0.29) is 0 Å². The fourth-order valence-corrected chi connectivity index (χ4v) is 3.02. The minimum absolute atomic E-state index is 0.434. The van der Waals surface area contributed by atoms with Crippen molar-refractivity contribution in [3.8, 4) is 11.3 Å². The van der Waals surface area contributed by atoms with Crippen molar-refractivity contribution in [2.75, 3.05) is 11.5 Å². The Balaban J connectivity index is 2.07. The molecule has 0 amide bonds. The van der Waals surface area contributed by atoms with Crippen LogP contribution in [0, 0.1) is 0 Å². The lowest BCUT2D eigenvalue weighted by molar-refractivity contribution is 0.889. The predicted octanol–water partition coefficient (Wildman–Crippen LogP) is 2.16. The zero-order valence-corrected chi connectivity index (χ0v) is 10.1. The molecule has 0 spiro atoms. The number of rotatable bonds is 1. The molecule has 0 radical (unpaired) electrons. The maximum absolute atomic E-state index is 5.81. The third-order valence-corrected chi connectivity index (χ3v) is 4.03. The van der Waals surface area contributed by atoms with Crippen LogP contribution in [0.3, 0.4) is 0 Å². The van der Waals surface area contributed by atoms with Crippen LogP contribution in [0.5, 0.6) is 0 Å². The van der Waals surface area contributed by atoms with Gasteiger partial charge in [-0.3, -0.25) is 0 Å². The molecule has 86 valence electrons. The SMILES string of the molecule is Nc1ncnnc1-c1ccc2c(c1)CCCS2. The van der Waals surface area contributed by atoms with Gasteiger partial charge in [-0.25, -0.2) is 4.98 Å². The lowest BCUT2D eigenvalue weighted by atomic mass is 10.0. The molecule has 0 aliphatic carbocycles. The summed E-state index contributed by atoms with van der Waals surface area (Å²) in [5, 5.41) is 7.84. The van der Waals surface area contributed by atoms with Gasteiger partial charge < -0.3 is 5.73 Å². The zero-order valence-electron chi connectivity index (χ0n) is 9.26. The Kier molecular flexibility index (Phi) is 2.68. The summed E-state index contributed by atoms with van der Waals surface area (Å²) in [6.45, 7) is 0. The number of aryl methyl sites for hydroxylation is 1. The smallest absolute Gasteiger partial charge is 0.153 e. The third kappa shape index (κ3) is 1.98. The molecule has 1 aromatic heterocycles. The molecule has 0 saturated heterocycles. The number of nitrogens with zero attached hydrogens (tertiary/aromatic N) is 3. The molecule has 3 rings (SSSR count). The molecule has 4 nitrogen and oxygen atoms in total. The van der Waals surface area contributed by atoms with Gasteiger partial charge in [0.2, 0.25) is 0 Å². The molecule has 0 atom stereocenters. The van der Waals surface area contributed by atoms with E-state index < -0.39 is 0 Å². The van der Waals surface area contributed by atoms with Crippen LogP contribution in [0.1, 0.15) is 12.0 Å². The van der Waals surface area contributed by atoms with Gasteiger partial charge in [-0.05, 0) is 36.3 Å². The molecule has 0 unspecified atom stereocenters. The maximum atomic E-state index is 5.81. The monoisotopic (exact) mass is 244 g/mol. The van der Waals surface area contributed by atoms with Gasteiger partial charge >= 0.3 is 0 Å². The van der Waals surface area contributed by atoms with Gasteiger partial charge in [-0.1, -0.05) is 6.07 Å². The molecular weight excluding hydrogens is 232 g/mol. The van der Waals surface area contributed by atoms with Crippen LogP contribution in [0.25, 0.3) is 11.3 Å². The van der Waals surface area contributed by atoms with Crippen LogP contribution in [0.15, 0.2) is 29.4 Å². The van der Waals surface area contributed by atoms with Crippen molar-refractivity contribution in [2.45, 2.75) is 17.7 Å². The number of nitrogens with two attached hydrogens (primary N) is 1. The first-order valence-electron chi connectivity index (χ1n) is 5.54. The lowest BCUT2D eigenvalue weighted by Crippen LogP contribution is -2.01. The molecule has 1 aliphatic rings. The number of benzene rings is 1. The third-order valence-electron chi connectivity index (χ3n) is 2.83. The van der Waals surface area contributed by atoms with E-state index in [4.69, 9.17) is 5.73 Å². The van der Waals surface area contributed by atoms with Crippen LogP contribution in [-0.4, -0.2) is 20.9 Å². The number of anilines is 1. The average molecular weight is 244 g/mol. The van der Waals surface area contributed by atoms with E-state index in [1.807, 2.05) is 17.8 Å². The van der Waals surface area contributed by atoms with Crippen molar-refractivity contribution >= 4 is 17.6 Å². The summed E-state index contributed by atoms with van der Waals surface area (Å²) < 4.78 is 0. The molecule has 1 aromatic carbocycles. The van der Waals surface area contributed by atoms with Gasteiger partial charge in [-0.15, -0.1) is 22.0 Å². The minimum atomic E-state index is 0.434. The number of hydrogen-bond donors (Lipinski definition) is 1. The van der Waals surface area contributed by atoms with E-state index in [1.165, 1.54) is 29.0 Å². The first kappa shape index (κ1) is 10.5. The topological polar surface area (TPSA) is 64.7 Å². The van der Waals surface area contributed by atoms with E-state index in [1.54, 1.807) is 0 Å². The molecule has 17 heavy (non-hydrogen) atoms. The van der Waals surface area contributed by atoms with Gasteiger partial charge in [-0.2, -0.15) is 0 Å². The highest BCUT2D eigenvalue weighted by molar-refractivity contribution is 7.99. The highest BCUT2D eigenvalue weighted by Gasteiger charge is 2.12. The summed E-state index contributed by atoms with van der Waals surface area (Å²) >= 11 is 1.91. The molecule has 0 saturated carbocycles. The summed E-state index contributed by atoms with van der Waals surface area (Å²) in [5.74, 6) is 1.64.